The largest absolute Gasteiger partial charge is 0.381 e. The van der Waals surface area contributed by atoms with Gasteiger partial charge in [-0.25, -0.2) is 9.50 Å². The summed E-state index contributed by atoms with van der Waals surface area (Å²) < 4.78 is 7.31. The van der Waals surface area contributed by atoms with E-state index in [2.05, 4.69) is 32.4 Å². The Hall–Kier alpha value is -1.66. The third-order valence-corrected chi connectivity index (χ3v) is 4.34. The molecule has 1 unspecified atom stereocenters. The summed E-state index contributed by atoms with van der Waals surface area (Å²) >= 11 is 0. The van der Waals surface area contributed by atoms with Crippen molar-refractivity contribution in [1.82, 2.24) is 19.9 Å². The molecule has 2 aliphatic rings. The molecule has 2 aromatic heterocycles. The van der Waals surface area contributed by atoms with Gasteiger partial charge in [-0.3, -0.25) is 0 Å². The van der Waals surface area contributed by atoms with Crippen LogP contribution in [0.2, 0.25) is 0 Å². The predicted octanol–water partition coefficient (Wildman–Crippen LogP) is 0.718. The lowest BCUT2D eigenvalue weighted by Crippen LogP contribution is -2.43. The molecule has 0 bridgehead atoms. The summed E-state index contributed by atoms with van der Waals surface area (Å²) in [6.07, 6.45) is 4.07. The molecule has 0 radical (unpaired) electrons. The lowest BCUT2D eigenvalue weighted by Gasteiger charge is -2.29. The molecule has 6 heteroatoms. The summed E-state index contributed by atoms with van der Waals surface area (Å²) in [7, 11) is 0. The zero-order valence-electron chi connectivity index (χ0n) is 12.2. The van der Waals surface area contributed by atoms with Gasteiger partial charge in [0.1, 0.15) is 0 Å². The van der Waals surface area contributed by atoms with E-state index in [1.807, 2.05) is 10.7 Å². The molecule has 21 heavy (non-hydrogen) atoms. The SMILES string of the molecule is c1cn2nc(CC3CCOC3)nc2cc1N1CCNCC1. The van der Waals surface area contributed by atoms with Crippen LogP contribution in [-0.2, 0) is 11.2 Å². The second-order valence-corrected chi connectivity index (χ2v) is 5.89. The zero-order valence-corrected chi connectivity index (χ0v) is 12.2. The highest BCUT2D eigenvalue weighted by molar-refractivity contribution is 5.56. The van der Waals surface area contributed by atoms with Crippen LogP contribution in [0.25, 0.3) is 5.65 Å². The lowest BCUT2D eigenvalue weighted by atomic mass is 10.1. The Morgan fingerprint density at radius 3 is 3.05 bits per heavy atom. The van der Waals surface area contributed by atoms with Gasteiger partial charge >= 0.3 is 0 Å². The van der Waals surface area contributed by atoms with Crippen molar-refractivity contribution in [2.75, 3.05) is 44.3 Å². The van der Waals surface area contributed by atoms with E-state index in [4.69, 9.17) is 4.74 Å². The molecule has 112 valence electrons. The number of anilines is 1. The third-order valence-electron chi connectivity index (χ3n) is 4.34. The molecule has 0 saturated carbocycles. The molecule has 2 aliphatic heterocycles. The van der Waals surface area contributed by atoms with Crippen LogP contribution in [0.5, 0.6) is 0 Å². The van der Waals surface area contributed by atoms with E-state index < -0.39 is 0 Å². The van der Waals surface area contributed by atoms with Gasteiger partial charge in [0.05, 0.1) is 0 Å². The Balaban J connectivity index is 1.55. The number of fused-ring (bicyclic) bond motifs is 1. The van der Waals surface area contributed by atoms with Gasteiger partial charge in [0.2, 0.25) is 0 Å². The maximum Gasteiger partial charge on any atom is 0.157 e. The molecule has 0 aliphatic carbocycles. The van der Waals surface area contributed by atoms with E-state index in [0.29, 0.717) is 5.92 Å². The number of aromatic nitrogens is 3. The summed E-state index contributed by atoms with van der Waals surface area (Å²) in [5.41, 5.74) is 2.19. The average molecular weight is 287 g/mol. The van der Waals surface area contributed by atoms with E-state index in [1.54, 1.807) is 0 Å². The van der Waals surface area contributed by atoms with Crippen LogP contribution < -0.4 is 10.2 Å². The molecule has 0 aromatic carbocycles. The van der Waals surface area contributed by atoms with Crippen LogP contribution in [-0.4, -0.2) is 54.0 Å². The van der Waals surface area contributed by atoms with Crippen molar-refractivity contribution in [2.24, 2.45) is 5.92 Å². The van der Waals surface area contributed by atoms with Crippen molar-refractivity contribution in [3.05, 3.63) is 24.2 Å². The molecule has 6 nitrogen and oxygen atoms in total. The third kappa shape index (κ3) is 2.73. The topological polar surface area (TPSA) is 54.7 Å². The first-order valence-electron chi connectivity index (χ1n) is 7.77. The first-order valence-corrected chi connectivity index (χ1v) is 7.77. The molecule has 0 amide bonds. The maximum atomic E-state index is 5.43. The first kappa shape index (κ1) is 13.0. The van der Waals surface area contributed by atoms with E-state index in [9.17, 15) is 0 Å². The maximum absolute atomic E-state index is 5.43. The van der Waals surface area contributed by atoms with Gasteiger partial charge in [-0.1, -0.05) is 0 Å². The molecule has 0 spiro atoms. The minimum atomic E-state index is 0.579. The number of piperazine rings is 1. The van der Waals surface area contributed by atoms with Crippen molar-refractivity contribution in [2.45, 2.75) is 12.8 Å². The molecule has 2 fully saturated rings. The summed E-state index contributed by atoms with van der Waals surface area (Å²) in [6, 6.07) is 4.28. The molecule has 4 rings (SSSR count). The number of pyridine rings is 1. The lowest BCUT2D eigenvalue weighted by molar-refractivity contribution is 0.185. The van der Waals surface area contributed by atoms with E-state index >= 15 is 0 Å². The Labute approximate surface area is 124 Å². The Morgan fingerprint density at radius 1 is 1.33 bits per heavy atom. The van der Waals surface area contributed by atoms with Crippen LogP contribution in [0, 0.1) is 5.92 Å². The highest BCUT2D eigenvalue weighted by atomic mass is 16.5. The van der Waals surface area contributed by atoms with Crippen LogP contribution >= 0.6 is 0 Å². The van der Waals surface area contributed by atoms with Gasteiger partial charge in [0.25, 0.3) is 0 Å². The van der Waals surface area contributed by atoms with Gasteiger partial charge in [-0.05, 0) is 18.4 Å². The fourth-order valence-corrected chi connectivity index (χ4v) is 3.13. The Bertz CT molecular complexity index is 614. The molecular weight excluding hydrogens is 266 g/mol. The average Bonchev–Trinajstić information content (AvgIpc) is 3.16. The highest BCUT2D eigenvalue weighted by Gasteiger charge is 2.19. The highest BCUT2D eigenvalue weighted by Crippen LogP contribution is 2.19. The van der Waals surface area contributed by atoms with Crippen LogP contribution in [0.15, 0.2) is 18.3 Å². The standard InChI is InChI=1S/C15H21N5O/c1-5-20-15(10-13(1)19-6-3-16-4-7-19)17-14(18-20)9-12-2-8-21-11-12/h1,5,10,12,16H,2-4,6-9,11H2. The number of nitrogens with zero attached hydrogens (tertiary/aromatic N) is 4. The summed E-state index contributed by atoms with van der Waals surface area (Å²) in [5.74, 6) is 1.51. The monoisotopic (exact) mass is 287 g/mol. The number of ether oxygens (including phenoxy) is 1. The predicted molar refractivity (Wildman–Crippen MR) is 80.7 cm³/mol. The van der Waals surface area contributed by atoms with E-state index in [1.165, 1.54) is 5.69 Å². The molecule has 1 N–H and O–H groups in total. The molecular formula is C15H21N5O. The van der Waals surface area contributed by atoms with Gasteiger partial charge in [-0.2, -0.15) is 5.10 Å². The van der Waals surface area contributed by atoms with E-state index in [0.717, 1.165) is 63.7 Å². The first-order chi connectivity index (χ1) is 10.4. The normalized spacial score (nSPS) is 23.0. The second-order valence-electron chi connectivity index (χ2n) is 5.89. The fourth-order valence-electron chi connectivity index (χ4n) is 3.13. The zero-order chi connectivity index (χ0) is 14.1. The summed E-state index contributed by atoms with van der Waals surface area (Å²) in [4.78, 5) is 7.08. The van der Waals surface area contributed by atoms with Crippen LogP contribution in [0.1, 0.15) is 12.2 Å². The number of hydrogen-bond donors (Lipinski definition) is 1. The van der Waals surface area contributed by atoms with Gasteiger partial charge in [0.15, 0.2) is 11.5 Å². The van der Waals surface area contributed by atoms with Gasteiger partial charge in [0, 0.05) is 63.8 Å². The van der Waals surface area contributed by atoms with E-state index in [-0.39, 0.29) is 0 Å². The Kier molecular flexibility index (Phi) is 3.48. The number of nitrogens with one attached hydrogen (secondary N) is 1. The molecule has 2 aromatic rings. The number of hydrogen-bond acceptors (Lipinski definition) is 5. The van der Waals surface area contributed by atoms with Crippen molar-refractivity contribution < 1.29 is 4.74 Å². The van der Waals surface area contributed by atoms with Crippen LogP contribution in [0.3, 0.4) is 0 Å². The Morgan fingerprint density at radius 2 is 2.24 bits per heavy atom. The van der Waals surface area contributed by atoms with Crippen LogP contribution in [0.4, 0.5) is 5.69 Å². The molecule has 2 saturated heterocycles. The fraction of sp³-hybridized carbons (Fsp3) is 0.600. The minimum absolute atomic E-state index is 0.579. The molecule has 1 atom stereocenters. The minimum Gasteiger partial charge on any atom is -0.381 e. The van der Waals surface area contributed by atoms with Gasteiger partial charge < -0.3 is 15.0 Å². The smallest absolute Gasteiger partial charge is 0.157 e. The van der Waals surface area contributed by atoms with Gasteiger partial charge in [-0.15, -0.1) is 0 Å². The second kappa shape index (κ2) is 5.61. The van der Waals surface area contributed by atoms with Crippen molar-refractivity contribution in [3.63, 3.8) is 0 Å². The summed E-state index contributed by atoms with van der Waals surface area (Å²) in [5, 5.41) is 7.96. The van der Waals surface area contributed by atoms with Crippen molar-refractivity contribution in [3.8, 4) is 0 Å². The van der Waals surface area contributed by atoms with Crippen molar-refractivity contribution >= 4 is 11.3 Å². The van der Waals surface area contributed by atoms with Crippen molar-refractivity contribution in [1.29, 1.82) is 0 Å². The quantitative estimate of drug-likeness (QED) is 0.901. The number of rotatable bonds is 3. The summed E-state index contributed by atoms with van der Waals surface area (Å²) in [6.45, 7) is 5.93. The molecule has 4 heterocycles.